The number of carboxylic acid groups (broad SMARTS) is 1. The average Bonchev–Trinajstić information content (AvgIpc) is 3.50. The van der Waals surface area contributed by atoms with Crippen LogP contribution < -0.4 is 5.32 Å². The Morgan fingerprint density at radius 1 is 0.971 bits per heavy atom. The summed E-state index contributed by atoms with van der Waals surface area (Å²) >= 11 is 0. The van der Waals surface area contributed by atoms with Crippen molar-refractivity contribution in [1.82, 2.24) is 15.1 Å². The van der Waals surface area contributed by atoms with Gasteiger partial charge in [0.2, 0.25) is 0 Å². The number of nitrogens with zero attached hydrogens (tertiary/aromatic N) is 2. The van der Waals surface area contributed by atoms with Gasteiger partial charge in [0.15, 0.2) is 0 Å². The average molecular weight is 453 g/mol. The highest BCUT2D eigenvalue weighted by Gasteiger charge is 2.29. The summed E-state index contributed by atoms with van der Waals surface area (Å²) in [5, 5.41) is 16.4. The van der Waals surface area contributed by atoms with Crippen LogP contribution in [0.25, 0.3) is 16.8 Å². The van der Waals surface area contributed by atoms with Crippen molar-refractivity contribution in [3.05, 3.63) is 108 Å². The zero-order chi connectivity index (χ0) is 23.5. The molecule has 5 rings (SSSR count). The normalized spacial score (nSPS) is 13.1. The maximum Gasteiger partial charge on any atom is 0.407 e. The molecule has 7 heteroatoms. The summed E-state index contributed by atoms with van der Waals surface area (Å²) in [6.07, 6.45) is 2.85. The minimum Gasteiger partial charge on any atom is -0.480 e. The van der Waals surface area contributed by atoms with E-state index in [9.17, 15) is 14.7 Å². The van der Waals surface area contributed by atoms with Crippen LogP contribution in [0.3, 0.4) is 0 Å². The van der Waals surface area contributed by atoms with E-state index in [0.29, 0.717) is 0 Å². The number of carboxylic acids is 1. The number of aromatic nitrogens is 2. The van der Waals surface area contributed by atoms with Gasteiger partial charge in [0, 0.05) is 24.7 Å². The summed E-state index contributed by atoms with van der Waals surface area (Å²) in [6.45, 7) is 0.126. The first-order valence-corrected chi connectivity index (χ1v) is 11.0. The number of carbonyl (C=O) groups is 2. The van der Waals surface area contributed by atoms with Crippen LogP contribution in [0.4, 0.5) is 4.79 Å². The number of aliphatic carboxylic acids is 1. The van der Waals surface area contributed by atoms with Gasteiger partial charge < -0.3 is 15.2 Å². The molecule has 0 spiro atoms. The number of carbonyl (C=O) groups excluding carboxylic acids is 1. The Morgan fingerprint density at radius 3 is 2.32 bits per heavy atom. The van der Waals surface area contributed by atoms with Gasteiger partial charge >= 0.3 is 12.1 Å². The van der Waals surface area contributed by atoms with Gasteiger partial charge in [-0.1, -0.05) is 60.7 Å². The lowest BCUT2D eigenvalue weighted by Crippen LogP contribution is -2.42. The molecule has 0 aliphatic heterocycles. The second-order valence-electron chi connectivity index (χ2n) is 8.19. The van der Waals surface area contributed by atoms with Crippen LogP contribution in [0, 0.1) is 0 Å². The number of amides is 1. The van der Waals surface area contributed by atoms with Gasteiger partial charge in [-0.3, -0.25) is 0 Å². The molecule has 7 nitrogen and oxygen atoms in total. The molecular formula is C27H23N3O4. The lowest BCUT2D eigenvalue weighted by atomic mass is 9.98. The molecule has 0 fully saturated rings. The predicted molar refractivity (Wildman–Crippen MR) is 127 cm³/mol. The summed E-state index contributed by atoms with van der Waals surface area (Å²) < 4.78 is 7.21. The molecule has 0 saturated heterocycles. The van der Waals surface area contributed by atoms with Gasteiger partial charge in [0.1, 0.15) is 12.6 Å². The Labute approximate surface area is 196 Å². The summed E-state index contributed by atoms with van der Waals surface area (Å²) in [5.41, 5.74) is 6.04. The summed E-state index contributed by atoms with van der Waals surface area (Å²) in [7, 11) is 0. The molecule has 170 valence electrons. The Morgan fingerprint density at radius 2 is 1.68 bits per heavy atom. The van der Waals surface area contributed by atoms with Crippen LogP contribution in [-0.2, 0) is 16.0 Å². The van der Waals surface area contributed by atoms with Crippen molar-refractivity contribution in [3.63, 3.8) is 0 Å². The molecule has 4 aromatic rings. The fraction of sp³-hybridized carbons (Fsp3) is 0.148. The van der Waals surface area contributed by atoms with Crippen LogP contribution in [-0.4, -0.2) is 39.6 Å². The third kappa shape index (κ3) is 4.28. The minimum atomic E-state index is -1.13. The van der Waals surface area contributed by atoms with E-state index in [0.717, 1.165) is 33.5 Å². The molecule has 1 amide bonds. The van der Waals surface area contributed by atoms with E-state index in [-0.39, 0.29) is 18.9 Å². The topological polar surface area (TPSA) is 93.5 Å². The minimum absolute atomic E-state index is 0.0906. The molecule has 34 heavy (non-hydrogen) atoms. The highest BCUT2D eigenvalue weighted by molar-refractivity contribution is 5.81. The molecular weight excluding hydrogens is 430 g/mol. The number of rotatable bonds is 7. The third-order valence-corrected chi connectivity index (χ3v) is 6.05. The second kappa shape index (κ2) is 9.23. The first-order chi connectivity index (χ1) is 16.6. The van der Waals surface area contributed by atoms with Gasteiger partial charge in [0.05, 0.1) is 5.69 Å². The molecule has 1 unspecified atom stereocenters. The standard InChI is InChI=1S/C27H23N3O4/c31-26(32)25(16-18-7-5-8-19(15-18)30-14-6-13-28-30)29-27(33)34-17-24-22-11-3-1-9-20(22)21-10-2-4-12-23(21)24/h1-15,24-25H,16-17H2,(H,29,33)(H,31,32). The van der Waals surface area contributed by atoms with Crippen LogP contribution in [0.1, 0.15) is 22.6 Å². The molecule has 0 bridgehead atoms. The van der Waals surface area contributed by atoms with E-state index in [1.54, 1.807) is 10.9 Å². The Balaban J connectivity index is 1.26. The number of fused-ring (bicyclic) bond motifs is 3. The zero-order valence-corrected chi connectivity index (χ0v) is 18.3. The Kier molecular flexibility index (Phi) is 5.82. The van der Waals surface area contributed by atoms with Crippen molar-refractivity contribution in [3.8, 4) is 16.8 Å². The van der Waals surface area contributed by atoms with Crippen molar-refractivity contribution < 1.29 is 19.4 Å². The zero-order valence-electron chi connectivity index (χ0n) is 18.3. The monoisotopic (exact) mass is 453 g/mol. The van der Waals surface area contributed by atoms with E-state index >= 15 is 0 Å². The van der Waals surface area contributed by atoms with Crippen LogP contribution in [0.2, 0.25) is 0 Å². The molecule has 0 radical (unpaired) electrons. The third-order valence-electron chi connectivity index (χ3n) is 6.05. The van der Waals surface area contributed by atoms with Crippen LogP contribution in [0.15, 0.2) is 91.3 Å². The smallest absolute Gasteiger partial charge is 0.407 e. The molecule has 1 aliphatic carbocycles. The maximum atomic E-state index is 12.6. The number of alkyl carbamates (subject to hydrolysis) is 1. The van der Waals surface area contributed by atoms with Crippen LogP contribution >= 0.6 is 0 Å². The van der Waals surface area contributed by atoms with Gasteiger partial charge in [-0.05, 0) is 46.0 Å². The van der Waals surface area contributed by atoms with Crippen molar-refractivity contribution in [2.75, 3.05) is 6.61 Å². The Hall–Kier alpha value is -4.39. The largest absolute Gasteiger partial charge is 0.480 e. The fourth-order valence-corrected chi connectivity index (χ4v) is 4.47. The van der Waals surface area contributed by atoms with Gasteiger partial charge in [-0.25, -0.2) is 14.3 Å². The molecule has 0 saturated carbocycles. The number of benzene rings is 3. The molecule has 1 aromatic heterocycles. The van der Waals surface area contributed by atoms with Crippen molar-refractivity contribution in [1.29, 1.82) is 0 Å². The molecule has 2 N–H and O–H groups in total. The molecule has 3 aromatic carbocycles. The lowest BCUT2D eigenvalue weighted by molar-refractivity contribution is -0.139. The summed E-state index contributed by atoms with van der Waals surface area (Å²) in [6, 6.07) is 24.2. The summed E-state index contributed by atoms with van der Waals surface area (Å²) in [5.74, 6) is -1.22. The number of ether oxygens (including phenoxy) is 1. The van der Waals surface area contributed by atoms with Gasteiger partial charge in [-0.2, -0.15) is 5.10 Å². The highest BCUT2D eigenvalue weighted by atomic mass is 16.5. The van der Waals surface area contributed by atoms with E-state index < -0.39 is 18.1 Å². The first kappa shape index (κ1) is 21.5. The second-order valence-corrected chi connectivity index (χ2v) is 8.19. The molecule has 1 atom stereocenters. The maximum absolute atomic E-state index is 12.6. The number of nitrogens with one attached hydrogen (secondary N) is 1. The Bertz CT molecular complexity index is 1290. The van der Waals surface area contributed by atoms with Gasteiger partial charge in [-0.15, -0.1) is 0 Å². The summed E-state index contributed by atoms with van der Waals surface area (Å²) in [4.78, 5) is 24.4. The van der Waals surface area contributed by atoms with E-state index in [4.69, 9.17) is 4.74 Å². The van der Waals surface area contributed by atoms with Crippen molar-refractivity contribution in [2.45, 2.75) is 18.4 Å². The molecule has 1 aliphatic rings. The SMILES string of the molecule is O=C(NC(Cc1cccc(-n2cccn2)c1)C(=O)O)OCC1c2ccccc2-c2ccccc21. The van der Waals surface area contributed by atoms with E-state index in [1.807, 2.05) is 72.9 Å². The lowest BCUT2D eigenvalue weighted by Gasteiger charge is -2.18. The van der Waals surface area contributed by atoms with E-state index in [1.165, 1.54) is 0 Å². The molecule has 1 heterocycles. The number of hydrogen-bond donors (Lipinski definition) is 2. The van der Waals surface area contributed by atoms with Crippen LogP contribution in [0.5, 0.6) is 0 Å². The number of hydrogen-bond acceptors (Lipinski definition) is 4. The van der Waals surface area contributed by atoms with E-state index in [2.05, 4.69) is 22.5 Å². The first-order valence-electron chi connectivity index (χ1n) is 11.0. The van der Waals surface area contributed by atoms with Crippen molar-refractivity contribution >= 4 is 12.1 Å². The van der Waals surface area contributed by atoms with Crippen molar-refractivity contribution in [2.24, 2.45) is 0 Å². The quantitative estimate of drug-likeness (QED) is 0.432. The predicted octanol–water partition coefficient (Wildman–Crippen LogP) is 4.41. The van der Waals surface area contributed by atoms with Gasteiger partial charge in [0.25, 0.3) is 0 Å². The fourth-order valence-electron chi connectivity index (χ4n) is 4.47. The highest BCUT2D eigenvalue weighted by Crippen LogP contribution is 2.44.